The third-order valence-corrected chi connectivity index (χ3v) is 11.5. The first kappa shape index (κ1) is 29.1. The molecule has 1 atom stereocenters. The van der Waals surface area contributed by atoms with E-state index in [0.717, 1.165) is 63.5 Å². The summed E-state index contributed by atoms with van der Waals surface area (Å²) in [5, 5.41) is 3.01. The molecule has 210 valence electrons. The summed E-state index contributed by atoms with van der Waals surface area (Å²) in [6.45, 7) is 3.97. The maximum atomic E-state index is 14.1. The standard InChI is InChI=1S/C28H38F2N2O4S2/c1-37(33,34)26-4-2-22(3-5-26)28(23-18-24(29)20-25(30)19-23)10-16-32-14-8-21(9-15-32)11-17-38(35,36)27-6-12-31-13-7-27/h2-5,18-21,27-28,31H,6-17H2,1H3. The van der Waals surface area contributed by atoms with Crippen LogP contribution < -0.4 is 5.32 Å². The Morgan fingerprint density at radius 3 is 2.08 bits per heavy atom. The number of rotatable bonds is 10. The van der Waals surface area contributed by atoms with Crippen molar-refractivity contribution in [2.75, 3.05) is 44.7 Å². The molecule has 0 radical (unpaired) electrons. The van der Waals surface area contributed by atoms with Gasteiger partial charge in [0.25, 0.3) is 0 Å². The molecule has 2 aliphatic rings. The van der Waals surface area contributed by atoms with Crippen molar-refractivity contribution in [3.05, 3.63) is 65.2 Å². The molecule has 1 unspecified atom stereocenters. The molecule has 2 aliphatic heterocycles. The molecule has 2 aromatic rings. The lowest BCUT2D eigenvalue weighted by Gasteiger charge is -2.33. The largest absolute Gasteiger partial charge is 0.317 e. The van der Waals surface area contributed by atoms with E-state index in [1.807, 2.05) is 0 Å². The molecule has 0 aliphatic carbocycles. The van der Waals surface area contributed by atoms with E-state index < -0.39 is 31.3 Å². The second kappa shape index (κ2) is 12.5. The minimum Gasteiger partial charge on any atom is -0.317 e. The van der Waals surface area contributed by atoms with E-state index in [0.29, 0.717) is 37.2 Å². The number of nitrogens with zero attached hydrogens (tertiary/aromatic N) is 1. The van der Waals surface area contributed by atoms with Crippen molar-refractivity contribution < 1.29 is 25.6 Å². The Balaban J connectivity index is 1.36. The molecular weight excluding hydrogens is 530 g/mol. The van der Waals surface area contributed by atoms with Gasteiger partial charge in [0.1, 0.15) is 11.6 Å². The van der Waals surface area contributed by atoms with Crippen LogP contribution in [-0.4, -0.2) is 71.7 Å². The lowest BCUT2D eigenvalue weighted by Crippen LogP contribution is -2.38. The zero-order valence-corrected chi connectivity index (χ0v) is 23.5. The van der Waals surface area contributed by atoms with Gasteiger partial charge in [0.05, 0.1) is 15.9 Å². The minimum atomic E-state index is -3.35. The molecule has 2 fully saturated rings. The smallest absolute Gasteiger partial charge is 0.175 e. The van der Waals surface area contributed by atoms with Crippen LogP contribution in [0.1, 0.15) is 55.6 Å². The molecule has 2 saturated heterocycles. The van der Waals surface area contributed by atoms with Crippen molar-refractivity contribution in [3.8, 4) is 0 Å². The van der Waals surface area contributed by atoms with Gasteiger partial charge in [0, 0.05) is 18.2 Å². The zero-order chi connectivity index (χ0) is 27.3. The van der Waals surface area contributed by atoms with Gasteiger partial charge in [-0.05, 0) is 113 Å². The van der Waals surface area contributed by atoms with Crippen LogP contribution in [0, 0.1) is 17.6 Å². The molecule has 0 aromatic heterocycles. The summed E-state index contributed by atoms with van der Waals surface area (Å²) < 4.78 is 77.3. The summed E-state index contributed by atoms with van der Waals surface area (Å²) in [7, 11) is -6.40. The van der Waals surface area contributed by atoms with Crippen molar-refractivity contribution in [1.29, 1.82) is 0 Å². The first-order chi connectivity index (χ1) is 18.0. The highest BCUT2D eigenvalue weighted by Crippen LogP contribution is 2.31. The minimum absolute atomic E-state index is 0.203. The van der Waals surface area contributed by atoms with Crippen LogP contribution in [0.5, 0.6) is 0 Å². The van der Waals surface area contributed by atoms with Gasteiger partial charge in [-0.1, -0.05) is 12.1 Å². The van der Waals surface area contributed by atoms with Gasteiger partial charge < -0.3 is 10.2 Å². The summed E-state index contributed by atoms with van der Waals surface area (Å²) in [4.78, 5) is 2.53. The van der Waals surface area contributed by atoms with E-state index >= 15 is 0 Å². The van der Waals surface area contributed by atoms with Crippen LogP contribution in [-0.2, 0) is 19.7 Å². The number of hydrogen-bond acceptors (Lipinski definition) is 6. The predicted molar refractivity (Wildman–Crippen MR) is 146 cm³/mol. The lowest BCUT2D eigenvalue weighted by atomic mass is 9.87. The molecule has 2 heterocycles. The van der Waals surface area contributed by atoms with Gasteiger partial charge in [-0.3, -0.25) is 0 Å². The third-order valence-electron chi connectivity index (χ3n) is 8.04. The molecule has 38 heavy (non-hydrogen) atoms. The fourth-order valence-corrected chi connectivity index (χ4v) is 8.29. The SMILES string of the molecule is CS(=O)(=O)c1ccc(C(CCN2CCC(CCS(=O)(=O)C3CCNCC3)CC2)c2cc(F)cc(F)c2)cc1. The molecule has 0 bridgehead atoms. The van der Waals surface area contributed by atoms with E-state index in [1.165, 1.54) is 24.3 Å². The van der Waals surface area contributed by atoms with Gasteiger partial charge in [-0.2, -0.15) is 0 Å². The normalized spacial score (nSPS) is 19.4. The van der Waals surface area contributed by atoms with E-state index in [4.69, 9.17) is 0 Å². The second-order valence-corrected chi connectivity index (χ2v) is 15.2. The van der Waals surface area contributed by atoms with Gasteiger partial charge in [-0.15, -0.1) is 0 Å². The van der Waals surface area contributed by atoms with Crippen molar-refractivity contribution >= 4 is 19.7 Å². The maximum absolute atomic E-state index is 14.1. The molecule has 0 amide bonds. The van der Waals surface area contributed by atoms with Crippen molar-refractivity contribution in [2.45, 2.75) is 54.6 Å². The van der Waals surface area contributed by atoms with E-state index in [9.17, 15) is 25.6 Å². The zero-order valence-electron chi connectivity index (χ0n) is 21.9. The van der Waals surface area contributed by atoms with Crippen molar-refractivity contribution in [2.24, 2.45) is 5.92 Å². The van der Waals surface area contributed by atoms with E-state index in [2.05, 4.69) is 10.2 Å². The highest BCUT2D eigenvalue weighted by molar-refractivity contribution is 7.92. The highest BCUT2D eigenvalue weighted by Gasteiger charge is 2.29. The third kappa shape index (κ3) is 7.83. The summed E-state index contributed by atoms with van der Waals surface area (Å²) in [5.74, 6) is -0.920. The molecule has 4 rings (SSSR count). The van der Waals surface area contributed by atoms with Crippen LogP contribution in [0.15, 0.2) is 47.4 Å². The summed E-state index contributed by atoms with van der Waals surface area (Å²) in [6.07, 6.45) is 5.75. The number of halogens is 2. The van der Waals surface area contributed by atoms with Crippen LogP contribution in [0.3, 0.4) is 0 Å². The molecule has 0 saturated carbocycles. The fourth-order valence-electron chi connectivity index (χ4n) is 5.71. The van der Waals surface area contributed by atoms with Gasteiger partial charge in [-0.25, -0.2) is 25.6 Å². The topological polar surface area (TPSA) is 83.6 Å². The van der Waals surface area contributed by atoms with Crippen LogP contribution in [0.4, 0.5) is 8.78 Å². The Morgan fingerprint density at radius 2 is 1.50 bits per heavy atom. The Hall–Kier alpha value is -1.88. The molecular formula is C28H38F2N2O4S2. The predicted octanol–water partition coefficient (Wildman–Crippen LogP) is 4.16. The summed E-state index contributed by atoms with van der Waals surface area (Å²) in [6, 6.07) is 10.1. The molecule has 10 heteroatoms. The van der Waals surface area contributed by atoms with Crippen molar-refractivity contribution in [1.82, 2.24) is 10.2 Å². The van der Waals surface area contributed by atoms with Crippen LogP contribution >= 0.6 is 0 Å². The van der Waals surface area contributed by atoms with Gasteiger partial charge in [0.2, 0.25) is 0 Å². The fraction of sp³-hybridized carbons (Fsp3) is 0.571. The van der Waals surface area contributed by atoms with E-state index in [-0.39, 0.29) is 21.8 Å². The summed E-state index contributed by atoms with van der Waals surface area (Å²) in [5.41, 5.74) is 1.33. The van der Waals surface area contributed by atoms with Crippen LogP contribution in [0.25, 0.3) is 0 Å². The Kier molecular flexibility index (Phi) is 9.60. The molecule has 0 spiro atoms. The average molecular weight is 569 g/mol. The molecule has 2 aromatic carbocycles. The number of piperidine rings is 2. The van der Waals surface area contributed by atoms with Crippen molar-refractivity contribution in [3.63, 3.8) is 0 Å². The number of likely N-dealkylation sites (tertiary alicyclic amines) is 1. The Bertz CT molecular complexity index is 1270. The Morgan fingerprint density at radius 1 is 0.895 bits per heavy atom. The number of nitrogens with one attached hydrogen (secondary N) is 1. The molecule has 6 nitrogen and oxygen atoms in total. The van der Waals surface area contributed by atoms with Gasteiger partial charge >= 0.3 is 0 Å². The summed E-state index contributed by atoms with van der Waals surface area (Å²) >= 11 is 0. The number of benzene rings is 2. The highest BCUT2D eigenvalue weighted by atomic mass is 32.2. The first-order valence-electron chi connectivity index (χ1n) is 13.4. The number of hydrogen-bond donors (Lipinski definition) is 1. The average Bonchev–Trinajstić information content (AvgIpc) is 2.88. The van der Waals surface area contributed by atoms with E-state index in [1.54, 1.807) is 12.1 Å². The first-order valence-corrected chi connectivity index (χ1v) is 17.0. The monoisotopic (exact) mass is 568 g/mol. The van der Waals surface area contributed by atoms with Gasteiger partial charge in [0.15, 0.2) is 19.7 Å². The lowest BCUT2D eigenvalue weighted by molar-refractivity contribution is 0.178. The Labute approximate surface area is 225 Å². The quantitative estimate of drug-likeness (QED) is 0.464. The second-order valence-electron chi connectivity index (χ2n) is 10.8. The molecule has 1 N–H and O–H groups in total. The number of sulfone groups is 2. The van der Waals surface area contributed by atoms with Crippen LogP contribution in [0.2, 0.25) is 0 Å². The maximum Gasteiger partial charge on any atom is 0.175 e.